The predicted octanol–water partition coefficient (Wildman–Crippen LogP) is 3.84. The van der Waals surface area contributed by atoms with Crippen molar-refractivity contribution in [3.05, 3.63) is 52.4 Å². The predicted molar refractivity (Wildman–Crippen MR) is 120 cm³/mol. The van der Waals surface area contributed by atoms with Gasteiger partial charge < -0.3 is 24.1 Å². The second kappa shape index (κ2) is 9.49. The van der Waals surface area contributed by atoms with Crippen molar-refractivity contribution in [1.29, 1.82) is 5.26 Å². The largest absolute Gasteiger partial charge is 0.486 e. The van der Waals surface area contributed by atoms with Gasteiger partial charge in [0.15, 0.2) is 11.5 Å². The summed E-state index contributed by atoms with van der Waals surface area (Å²) in [6.45, 7) is 8.57. The highest BCUT2D eigenvalue weighted by atomic mass is 16.6. The maximum absolute atomic E-state index is 12.8. The zero-order chi connectivity index (χ0) is 22.7. The number of nitrogens with zero attached hydrogens (tertiary/aromatic N) is 2. The van der Waals surface area contributed by atoms with Gasteiger partial charge >= 0.3 is 0 Å². The Morgan fingerprint density at radius 2 is 2.03 bits per heavy atom. The highest BCUT2D eigenvalue weighted by Gasteiger charge is 2.20. The van der Waals surface area contributed by atoms with Crippen molar-refractivity contribution in [3.8, 4) is 17.6 Å². The minimum atomic E-state index is -0.404. The molecule has 1 aromatic carbocycles. The molecule has 0 bridgehead atoms. The molecular weight excluding hydrogens is 406 g/mol. The number of fused-ring (bicyclic) bond motifs is 1. The molecule has 2 aliphatic heterocycles. The number of carbonyl (C=O) groups is 1. The van der Waals surface area contributed by atoms with Gasteiger partial charge in [-0.25, -0.2) is 0 Å². The van der Waals surface area contributed by atoms with Gasteiger partial charge in [0, 0.05) is 24.5 Å². The van der Waals surface area contributed by atoms with Crippen molar-refractivity contribution < 1.29 is 19.0 Å². The van der Waals surface area contributed by atoms with Crippen LogP contribution >= 0.6 is 0 Å². The first kappa shape index (κ1) is 22.0. The summed E-state index contributed by atoms with van der Waals surface area (Å²) in [5.74, 6) is 0.970. The van der Waals surface area contributed by atoms with E-state index in [1.807, 2.05) is 45.0 Å². The van der Waals surface area contributed by atoms with Crippen LogP contribution in [0.1, 0.15) is 48.3 Å². The maximum Gasteiger partial charge on any atom is 0.262 e. The Bertz CT molecular complexity index is 1070. The average Bonchev–Trinajstić information content (AvgIpc) is 3.40. The van der Waals surface area contributed by atoms with Crippen LogP contribution in [0.2, 0.25) is 0 Å². The Labute approximate surface area is 188 Å². The zero-order valence-electron chi connectivity index (χ0n) is 18.8. The first-order valence-corrected chi connectivity index (χ1v) is 11.1. The molecular formula is C25H29N3O4. The van der Waals surface area contributed by atoms with Crippen molar-refractivity contribution in [2.75, 3.05) is 19.8 Å². The molecule has 2 atom stereocenters. The van der Waals surface area contributed by atoms with Crippen molar-refractivity contribution in [2.24, 2.45) is 0 Å². The molecule has 168 valence electrons. The molecule has 0 aliphatic carbocycles. The lowest BCUT2D eigenvalue weighted by molar-refractivity contribution is -0.117. The number of rotatable bonds is 6. The van der Waals surface area contributed by atoms with Gasteiger partial charge in [-0.15, -0.1) is 0 Å². The fraction of sp³-hybridized carbons (Fsp3) is 0.440. The third-order valence-electron chi connectivity index (χ3n) is 6.10. The molecule has 32 heavy (non-hydrogen) atoms. The summed E-state index contributed by atoms with van der Waals surface area (Å²) >= 11 is 0. The molecule has 0 saturated carbocycles. The molecule has 4 rings (SSSR count). The molecule has 0 radical (unpaired) electrons. The van der Waals surface area contributed by atoms with Crippen molar-refractivity contribution in [2.45, 2.75) is 52.3 Å². The second-order valence-corrected chi connectivity index (χ2v) is 8.34. The fourth-order valence-electron chi connectivity index (χ4n) is 4.24. The topological polar surface area (TPSA) is 85.5 Å². The zero-order valence-corrected chi connectivity index (χ0v) is 18.8. The first-order chi connectivity index (χ1) is 15.5. The molecule has 3 heterocycles. The van der Waals surface area contributed by atoms with Gasteiger partial charge in [0.25, 0.3) is 5.91 Å². The van der Waals surface area contributed by atoms with E-state index in [0.717, 1.165) is 48.5 Å². The number of nitriles is 1. The molecule has 2 aromatic rings. The van der Waals surface area contributed by atoms with Crippen molar-refractivity contribution >= 4 is 12.0 Å². The summed E-state index contributed by atoms with van der Waals surface area (Å²) < 4.78 is 19.1. The summed E-state index contributed by atoms with van der Waals surface area (Å²) in [6.07, 6.45) is 4.05. The third-order valence-corrected chi connectivity index (χ3v) is 6.10. The van der Waals surface area contributed by atoms with E-state index in [0.29, 0.717) is 24.7 Å². The molecule has 0 spiro atoms. The van der Waals surface area contributed by atoms with Crippen molar-refractivity contribution in [3.63, 3.8) is 0 Å². The molecule has 7 nitrogen and oxygen atoms in total. The number of aromatic nitrogens is 1. The van der Waals surface area contributed by atoms with Gasteiger partial charge in [0.05, 0.1) is 12.1 Å². The summed E-state index contributed by atoms with van der Waals surface area (Å²) in [6, 6.07) is 9.39. The minimum absolute atomic E-state index is 0.0757. The molecule has 7 heteroatoms. The number of benzene rings is 1. The number of nitrogens with one attached hydrogen (secondary N) is 1. The molecule has 1 N–H and O–H groups in total. The van der Waals surface area contributed by atoms with Crippen LogP contribution in [0, 0.1) is 25.2 Å². The Balaban J connectivity index is 1.48. The number of amides is 1. The summed E-state index contributed by atoms with van der Waals surface area (Å²) in [7, 11) is 0. The van der Waals surface area contributed by atoms with Crippen LogP contribution in [0.4, 0.5) is 0 Å². The SMILES string of the molecule is Cc1cc(/C=C(\C#N)C(=O)NC(C)c2ccc3c(c2)OCCO3)c(C)n1CC1CCCO1. The lowest BCUT2D eigenvalue weighted by Gasteiger charge is -2.21. The van der Waals surface area contributed by atoms with Gasteiger partial charge in [-0.05, 0) is 69.0 Å². The molecule has 1 amide bonds. The Morgan fingerprint density at radius 3 is 2.75 bits per heavy atom. The monoisotopic (exact) mass is 435 g/mol. The quantitative estimate of drug-likeness (QED) is 0.550. The van der Waals surface area contributed by atoms with Gasteiger partial charge in [-0.2, -0.15) is 5.26 Å². The normalized spacial score (nSPS) is 18.8. The summed E-state index contributed by atoms with van der Waals surface area (Å²) in [4.78, 5) is 12.8. The molecule has 1 aromatic heterocycles. The van der Waals surface area contributed by atoms with Crippen LogP contribution in [-0.2, 0) is 16.1 Å². The van der Waals surface area contributed by atoms with E-state index in [2.05, 4.69) is 16.0 Å². The van der Waals surface area contributed by atoms with E-state index >= 15 is 0 Å². The van der Waals surface area contributed by atoms with Crippen LogP contribution in [0.3, 0.4) is 0 Å². The van der Waals surface area contributed by atoms with E-state index in [4.69, 9.17) is 14.2 Å². The number of hydrogen-bond donors (Lipinski definition) is 1. The van der Waals surface area contributed by atoms with Crippen LogP contribution in [0.15, 0.2) is 29.8 Å². The van der Waals surface area contributed by atoms with E-state index in [1.54, 1.807) is 6.08 Å². The molecule has 1 saturated heterocycles. The minimum Gasteiger partial charge on any atom is -0.486 e. The average molecular weight is 436 g/mol. The van der Waals surface area contributed by atoms with Crippen molar-refractivity contribution in [1.82, 2.24) is 9.88 Å². The Kier molecular flexibility index (Phi) is 6.52. The lowest BCUT2D eigenvalue weighted by atomic mass is 10.1. The summed E-state index contributed by atoms with van der Waals surface area (Å²) in [5, 5.41) is 12.6. The smallest absolute Gasteiger partial charge is 0.262 e. The standard InChI is InChI=1S/C25H29N3O4/c1-16-11-20(18(3)28(16)15-22-5-4-8-30-22)12-21(14-26)25(29)27-17(2)19-6-7-23-24(13-19)32-10-9-31-23/h6-7,11-13,17,22H,4-5,8-10,15H2,1-3H3,(H,27,29)/b21-12+. The van der Waals surface area contributed by atoms with Gasteiger partial charge in [-0.1, -0.05) is 6.07 Å². The molecule has 2 unspecified atom stereocenters. The van der Waals surface area contributed by atoms with E-state index in [-0.39, 0.29) is 17.7 Å². The first-order valence-electron chi connectivity index (χ1n) is 11.1. The number of aryl methyl sites for hydroxylation is 1. The van der Waals surface area contributed by atoms with Crippen LogP contribution < -0.4 is 14.8 Å². The Morgan fingerprint density at radius 1 is 1.25 bits per heavy atom. The fourth-order valence-corrected chi connectivity index (χ4v) is 4.24. The van der Waals surface area contributed by atoms with Crippen LogP contribution in [-0.4, -0.2) is 36.4 Å². The van der Waals surface area contributed by atoms with Crippen LogP contribution in [0.5, 0.6) is 11.5 Å². The number of carbonyl (C=O) groups excluding carboxylic acids is 1. The molecule has 1 fully saturated rings. The lowest BCUT2D eigenvalue weighted by Crippen LogP contribution is -2.27. The summed E-state index contributed by atoms with van der Waals surface area (Å²) in [5.41, 5.74) is 3.95. The maximum atomic E-state index is 12.8. The third kappa shape index (κ3) is 4.66. The molecule has 2 aliphatic rings. The van der Waals surface area contributed by atoms with Gasteiger partial charge in [0.1, 0.15) is 24.9 Å². The van der Waals surface area contributed by atoms with E-state index in [9.17, 15) is 10.1 Å². The van der Waals surface area contributed by atoms with Gasteiger partial charge in [-0.3, -0.25) is 4.79 Å². The van der Waals surface area contributed by atoms with Crippen LogP contribution in [0.25, 0.3) is 6.08 Å². The second-order valence-electron chi connectivity index (χ2n) is 8.34. The van der Waals surface area contributed by atoms with E-state index in [1.165, 1.54) is 0 Å². The highest BCUT2D eigenvalue weighted by Crippen LogP contribution is 2.32. The number of hydrogen-bond acceptors (Lipinski definition) is 5. The van der Waals surface area contributed by atoms with Gasteiger partial charge in [0.2, 0.25) is 0 Å². The Hall–Kier alpha value is -3.24. The van der Waals surface area contributed by atoms with E-state index < -0.39 is 5.91 Å². The number of ether oxygens (including phenoxy) is 3. The highest BCUT2D eigenvalue weighted by molar-refractivity contribution is 6.02.